The lowest BCUT2D eigenvalue weighted by Crippen LogP contribution is -2.49. The Balaban J connectivity index is 1.41. The second-order valence-corrected chi connectivity index (χ2v) is 9.42. The second kappa shape index (κ2) is 10.7. The third kappa shape index (κ3) is 5.35. The average Bonchev–Trinajstić information content (AvgIpc) is 3.64. The van der Waals surface area contributed by atoms with Gasteiger partial charge in [-0.25, -0.2) is 9.50 Å². The number of imidazole rings is 1. The third-order valence-corrected chi connectivity index (χ3v) is 6.83. The minimum Gasteiger partial charge on any atom is -0.384 e. The molecule has 194 valence electrons. The Morgan fingerprint density at radius 1 is 1.22 bits per heavy atom. The zero-order valence-corrected chi connectivity index (χ0v) is 21.3. The predicted octanol–water partition coefficient (Wildman–Crippen LogP) is 2.78. The molecule has 3 aromatic rings. The highest BCUT2D eigenvalue weighted by molar-refractivity contribution is 6.36. The maximum atomic E-state index is 12.4. The van der Waals surface area contributed by atoms with Crippen molar-refractivity contribution in [1.82, 2.24) is 24.5 Å². The van der Waals surface area contributed by atoms with E-state index in [2.05, 4.69) is 30.6 Å². The zero-order chi connectivity index (χ0) is 25.9. The van der Waals surface area contributed by atoms with Gasteiger partial charge in [-0.1, -0.05) is 11.6 Å². The smallest absolute Gasteiger partial charge is 0.247 e. The number of ether oxygens (including phenoxy) is 1. The minimum atomic E-state index is 0.0788. The van der Waals surface area contributed by atoms with E-state index >= 15 is 0 Å². The molecule has 3 heterocycles. The van der Waals surface area contributed by atoms with Gasteiger partial charge in [-0.3, -0.25) is 4.79 Å². The van der Waals surface area contributed by atoms with Gasteiger partial charge in [-0.2, -0.15) is 4.98 Å². The first kappa shape index (κ1) is 24.9. The predicted molar refractivity (Wildman–Crippen MR) is 143 cm³/mol. The fourth-order valence-electron chi connectivity index (χ4n) is 4.27. The number of aromatic nitrogens is 4. The summed E-state index contributed by atoms with van der Waals surface area (Å²) in [5, 5.41) is 27.2. The van der Waals surface area contributed by atoms with Gasteiger partial charge in [0.15, 0.2) is 11.5 Å². The van der Waals surface area contributed by atoms with Gasteiger partial charge in [-0.15, -0.1) is 5.10 Å². The van der Waals surface area contributed by atoms with E-state index in [1.165, 1.54) is 12.4 Å². The highest BCUT2D eigenvalue weighted by atomic mass is 35.5. The van der Waals surface area contributed by atoms with Crippen LogP contribution in [0.4, 0.5) is 23.1 Å². The molecule has 12 nitrogen and oxygen atoms in total. The summed E-state index contributed by atoms with van der Waals surface area (Å²) in [7, 11) is 1.59. The van der Waals surface area contributed by atoms with E-state index in [1.807, 2.05) is 11.0 Å². The van der Waals surface area contributed by atoms with Crippen molar-refractivity contribution < 1.29 is 9.53 Å². The summed E-state index contributed by atoms with van der Waals surface area (Å²) < 4.78 is 6.60. The molecule has 1 saturated carbocycles. The van der Waals surface area contributed by atoms with Crippen LogP contribution in [0.1, 0.15) is 30.5 Å². The van der Waals surface area contributed by atoms with Crippen molar-refractivity contribution in [1.29, 1.82) is 10.8 Å². The van der Waals surface area contributed by atoms with E-state index in [0.29, 0.717) is 84.6 Å². The molecule has 2 aromatic heterocycles. The number of methoxy groups -OCH3 is 1. The molecule has 0 unspecified atom stereocenters. The first-order valence-electron chi connectivity index (χ1n) is 12.2. The molecule has 0 bridgehead atoms. The Kier molecular flexibility index (Phi) is 7.19. The largest absolute Gasteiger partial charge is 0.384 e. The summed E-state index contributed by atoms with van der Waals surface area (Å²) in [6, 6.07) is 4.00. The Morgan fingerprint density at radius 3 is 2.68 bits per heavy atom. The van der Waals surface area contributed by atoms with Gasteiger partial charge in [0.1, 0.15) is 5.69 Å². The van der Waals surface area contributed by atoms with E-state index < -0.39 is 0 Å². The lowest BCUT2D eigenvalue weighted by Gasteiger charge is -2.37. The van der Waals surface area contributed by atoms with Gasteiger partial charge in [-0.05, 0) is 30.5 Å². The fraction of sp³-hybridized carbons (Fsp3) is 0.417. The van der Waals surface area contributed by atoms with E-state index in [0.717, 1.165) is 18.5 Å². The molecule has 5 rings (SSSR count). The summed E-state index contributed by atoms with van der Waals surface area (Å²) in [6.07, 6.45) is 6.55. The topological polar surface area (TPSA) is 148 Å². The van der Waals surface area contributed by atoms with E-state index in [4.69, 9.17) is 27.2 Å². The number of piperazine rings is 1. The van der Waals surface area contributed by atoms with Crippen LogP contribution in [0.25, 0.3) is 5.65 Å². The van der Waals surface area contributed by atoms with Crippen LogP contribution in [0.15, 0.2) is 18.3 Å². The second-order valence-electron chi connectivity index (χ2n) is 9.05. The van der Waals surface area contributed by atoms with Crippen LogP contribution in [-0.4, -0.2) is 88.8 Å². The number of hydrogen-bond acceptors (Lipinski definition) is 10. The molecule has 1 amide bonds. The van der Waals surface area contributed by atoms with Crippen molar-refractivity contribution in [2.75, 3.05) is 55.4 Å². The first-order chi connectivity index (χ1) is 18.0. The van der Waals surface area contributed by atoms with Crippen molar-refractivity contribution in [3.63, 3.8) is 0 Å². The Hall–Kier alpha value is -3.77. The van der Waals surface area contributed by atoms with E-state index in [9.17, 15) is 4.79 Å². The molecule has 1 aliphatic heterocycles. The van der Waals surface area contributed by atoms with Crippen molar-refractivity contribution in [3.05, 3.63) is 34.6 Å². The number of nitrogens with one attached hydrogen (secondary N) is 4. The van der Waals surface area contributed by atoms with Gasteiger partial charge in [0.25, 0.3) is 0 Å². The van der Waals surface area contributed by atoms with Crippen LogP contribution >= 0.6 is 11.6 Å². The molecule has 2 fully saturated rings. The monoisotopic (exact) mass is 524 g/mol. The molecule has 4 N–H and O–H groups in total. The van der Waals surface area contributed by atoms with Crippen LogP contribution in [-0.2, 0) is 9.53 Å². The molecule has 0 atom stereocenters. The molecule has 37 heavy (non-hydrogen) atoms. The summed E-state index contributed by atoms with van der Waals surface area (Å²) in [5.74, 6) is 0.956. The molecule has 1 aliphatic carbocycles. The molecule has 1 aromatic carbocycles. The molecular weight excluding hydrogens is 496 g/mol. The molecule has 2 aliphatic rings. The number of fused-ring (bicyclic) bond motifs is 1. The lowest BCUT2D eigenvalue weighted by atomic mass is 10.1. The molecule has 1 saturated heterocycles. The van der Waals surface area contributed by atoms with Crippen LogP contribution in [0.2, 0.25) is 5.02 Å². The average molecular weight is 525 g/mol. The Morgan fingerprint density at radius 2 is 2.00 bits per heavy atom. The maximum Gasteiger partial charge on any atom is 0.247 e. The van der Waals surface area contributed by atoms with E-state index in [-0.39, 0.29) is 5.91 Å². The van der Waals surface area contributed by atoms with Crippen molar-refractivity contribution in [2.24, 2.45) is 0 Å². The number of amides is 1. The summed E-state index contributed by atoms with van der Waals surface area (Å²) in [6.45, 7) is 2.82. The van der Waals surface area contributed by atoms with Gasteiger partial charge < -0.3 is 36.0 Å². The normalized spacial score (nSPS) is 15.6. The molecular formula is C24H29ClN10O2. The number of carbonyl (C=O) groups is 1. The number of benzene rings is 1. The number of anilines is 4. The highest BCUT2D eigenvalue weighted by Crippen LogP contribution is 2.36. The first-order valence-corrected chi connectivity index (χ1v) is 12.5. The van der Waals surface area contributed by atoms with Gasteiger partial charge >= 0.3 is 0 Å². The maximum absolute atomic E-state index is 12.4. The Bertz CT molecular complexity index is 1330. The zero-order valence-electron chi connectivity index (χ0n) is 20.5. The number of carbonyl (C=O) groups excluding carboxylic acids is 1. The highest BCUT2D eigenvalue weighted by Gasteiger charge is 2.26. The molecule has 0 spiro atoms. The number of rotatable bonds is 10. The van der Waals surface area contributed by atoms with Gasteiger partial charge in [0.05, 0.1) is 35.6 Å². The summed E-state index contributed by atoms with van der Waals surface area (Å²) in [4.78, 5) is 25.3. The quantitative estimate of drug-likeness (QED) is 0.296. The van der Waals surface area contributed by atoms with Crippen molar-refractivity contribution >= 4 is 58.7 Å². The molecule has 0 radical (unpaired) electrons. The lowest BCUT2D eigenvalue weighted by molar-refractivity contribution is -0.132. The Labute approximate surface area is 219 Å². The summed E-state index contributed by atoms with van der Waals surface area (Å²) >= 11 is 6.88. The van der Waals surface area contributed by atoms with E-state index in [1.54, 1.807) is 23.9 Å². The van der Waals surface area contributed by atoms with Crippen LogP contribution in [0.3, 0.4) is 0 Å². The number of hydrogen-bond donors (Lipinski definition) is 4. The third-order valence-electron chi connectivity index (χ3n) is 6.44. The van der Waals surface area contributed by atoms with Crippen LogP contribution in [0.5, 0.6) is 0 Å². The molecule has 13 heteroatoms. The number of nitrogens with zero attached hydrogens (tertiary/aromatic N) is 6. The van der Waals surface area contributed by atoms with Crippen molar-refractivity contribution in [3.8, 4) is 0 Å². The minimum absolute atomic E-state index is 0.0788. The van der Waals surface area contributed by atoms with Gasteiger partial charge in [0, 0.05) is 51.8 Å². The number of halogens is 1. The fourth-order valence-corrected chi connectivity index (χ4v) is 4.54. The van der Waals surface area contributed by atoms with Gasteiger partial charge in [0.2, 0.25) is 11.9 Å². The SMILES string of the molecule is COCCC(=O)N1CCN(c2cc(C=N)cc(Nc3nc(NC4CC4)c4ncc(C=N)n4n3)c2Cl)CC1. The van der Waals surface area contributed by atoms with Crippen LogP contribution in [0, 0.1) is 10.8 Å². The summed E-state index contributed by atoms with van der Waals surface area (Å²) in [5.41, 5.74) is 3.07. The van der Waals surface area contributed by atoms with Crippen LogP contribution < -0.4 is 15.5 Å². The standard InChI is InChI=1S/C24H29ClN10O2/c1-37-9-4-20(36)34-7-5-33(6-8-34)19-11-15(12-26)10-18(21(19)25)30-24-31-22(29-16-2-3-16)23-28-14-17(13-27)35(23)32-24/h10-14,16,26-27H,2-9H2,1H3,(H2,29,30,31,32). The van der Waals surface area contributed by atoms with Crippen molar-refractivity contribution in [2.45, 2.75) is 25.3 Å².